The molecule has 0 heterocycles. The number of benzene rings is 2. The fourth-order valence-corrected chi connectivity index (χ4v) is 5.29. The maximum absolute atomic E-state index is 13.1. The molecule has 0 fully saturated rings. The molecule has 38 heavy (non-hydrogen) atoms. The zero-order valence-electron chi connectivity index (χ0n) is 22.1. The first kappa shape index (κ1) is 30.5. The zero-order valence-corrected chi connectivity index (χ0v) is 22.1. The van der Waals surface area contributed by atoms with E-state index in [2.05, 4.69) is 13.8 Å². The molecular weight excluding hydrogens is 488 g/mol. The Balaban J connectivity index is 2.80. The normalized spacial score (nSPS) is 14.3. The third-order valence-electron chi connectivity index (χ3n) is 7.32. The number of unbranched alkanes of at least 4 members (excludes halogenated alkanes) is 4. The fraction of sp³-hybridized carbons (Fsp3) is 0.467. The second-order valence-corrected chi connectivity index (χ2v) is 9.87. The number of hydrogen-bond acceptors (Lipinski definition) is 4. The summed E-state index contributed by atoms with van der Waals surface area (Å²) < 4.78 is 0. The van der Waals surface area contributed by atoms with E-state index < -0.39 is 47.5 Å². The standard InChI is InChI=1S/C30H38O8/c1-3-5-7-9-21-11-15-23(16-12-21)29(27(35)36,19-25(31)32)30(28(37)38,20-26(33)34)24-17-13-22(14-18-24)10-8-6-4-2/h11-18H,3-10,19-20H2,1-2H3,(H,31,32)(H,33,34)(H,35,36)(H,37,38). The molecule has 4 N–H and O–H groups in total. The van der Waals surface area contributed by atoms with Gasteiger partial charge in [0.15, 0.2) is 0 Å². The van der Waals surface area contributed by atoms with Crippen LogP contribution in [0.3, 0.4) is 0 Å². The molecule has 0 spiro atoms. The summed E-state index contributed by atoms with van der Waals surface area (Å²) in [6.07, 6.45) is 5.11. The summed E-state index contributed by atoms with van der Waals surface area (Å²) in [5.41, 5.74) is -3.55. The molecule has 0 aliphatic carbocycles. The van der Waals surface area contributed by atoms with Gasteiger partial charge in [-0.05, 0) is 47.9 Å². The van der Waals surface area contributed by atoms with Crippen molar-refractivity contribution in [3.05, 3.63) is 70.8 Å². The van der Waals surface area contributed by atoms with Crippen LogP contribution in [0.25, 0.3) is 0 Å². The predicted molar refractivity (Wildman–Crippen MR) is 142 cm³/mol. The second kappa shape index (κ2) is 13.7. The molecule has 0 saturated carbocycles. The Morgan fingerprint density at radius 1 is 0.553 bits per heavy atom. The van der Waals surface area contributed by atoms with Gasteiger partial charge in [-0.2, -0.15) is 0 Å². The molecule has 0 amide bonds. The molecule has 8 heteroatoms. The summed E-state index contributed by atoms with van der Waals surface area (Å²) in [5.74, 6) is -6.53. The first-order chi connectivity index (χ1) is 18.0. The Labute approximate surface area is 223 Å². The van der Waals surface area contributed by atoms with Gasteiger partial charge < -0.3 is 20.4 Å². The third-order valence-corrected chi connectivity index (χ3v) is 7.32. The lowest BCUT2D eigenvalue weighted by atomic mass is 9.53. The van der Waals surface area contributed by atoms with Crippen molar-refractivity contribution >= 4 is 23.9 Å². The largest absolute Gasteiger partial charge is 0.481 e. The molecule has 2 atom stereocenters. The molecule has 206 valence electrons. The maximum atomic E-state index is 13.1. The quantitative estimate of drug-likeness (QED) is 0.199. The summed E-state index contributed by atoms with van der Waals surface area (Å²) >= 11 is 0. The van der Waals surface area contributed by atoms with Gasteiger partial charge in [0.05, 0.1) is 12.8 Å². The van der Waals surface area contributed by atoms with Crippen molar-refractivity contribution in [3.8, 4) is 0 Å². The Kier molecular flexibility index (Phi) is 11.0. The fourth-order valence-electron chi connectivity index (χ4n) is 5.29. The van der Waals surface area contributed by atoms with Crippen molar-refractivity contribution < 1.29 is 39.6 Å². The molecule has 0 aromatic heterocycles. The Morgan fingerprint density at radius 2 is 0.868 bits per heavy atom. The zero-order chi connectivity index (χ0) is 28.3. The molecule has 2 aromatic rings. The van der Waals surface area contributed by atoms with E-state index in [0.717, 1.165) is 62.5 Å². The van der Waals surface area contributed by atoms with Crippen molar-refractivity contribution in [2.75, 3.05) is 0 Å². The number of carbonyl (C=O) groups is 4. The predicted octanol–water partition coefficient (Wildman–Crippen LogP) is 5.45. The monoisotopic (exact) mass is 526 g/mol. The lowest BCUT2D eigenvalue weighted by molar-refractivity contribution is -0.166. The highest BCUT2D eigenvalue weighted by atomic mass is 16.4. The smallest absolute Gasteiger partial charge is 0.316 e. The van der Waals surface area contributed by atoms with Crippen LogP contribution in [0.1, 0.15) is 87.5 Å². The maximum Gasteiger partial charge on any atom is 0.316 e. The van der Waals surface area contributed by atoms with E-state index in [9.17, 15) is 39.6 Å². The molecule has 0 radical (unpaired) electrons. The van der Waals surface area contributed by atoms with Crippen molar-refractivity contribution in [1.29, 1.82) is 0 Å². The van der Waals surface area contributed by atoms with Gasteiger partial charge in [-0.1, -0.05) is 88.1 Å². The van der Waals surface area contributed by atoms with Gasteiger partial charge in [0.1, 0.15) is 10.8 Å². The summed E-state index contributed by atoms with van der Waals surface area (Å²) in [7, 11) is 0. The average molecular weight is 527 g/mol. The van der Waals surface area contributed by atoms with Crippen molar-refractivity contribution in [2.24, 2.45) is 0 Å². The molecule has 0 saturated heterocycles. The number of aliphatic carboxylic acids is 4. The van der Waals surface area contributed by atoms with E-state index >= 15 is 0 Å². The van der Waals surface area contributed by atoms with Gasteiger partial charge in [-0.25, -0.2) is 0 Å². The topological polar surface area (TPSA) is 149 Å². The molecule has 0 bridgehead atoms. The van der Waals surface area contributed by atoms with Crippen LogP contribution in [-0.4, -0.2) is 44.3 Å². The van der Waals surface area contributed by atoms with Crippen LogP contribution in [0.2, 0.25) is 0 Å². The van der Waals surface area contributed by atoms with E-state index in [1.807, 2.05) is 0 Å². The van der Waals surface area contributed by atoms with Gasteiger partial charge in [0.2, 0.25) is 0 Å². The minimum absolute atomic E-state index is 0.0673. The SMILES string of the molecule is CCCCCc1ccc(C(CC(=O)O)(C(=O)O)C(CC(=O)O)(C(=O)O)c2ccc(CCCCC)cc2)cc1. The molecule has 0 aliphatic heterocycles. The van der Waals surface area contributed by atoms with Crippen LogP contribution < -0.4 is 0 Å². The van der Waals surface area contributed by atoms with Crippen LogP contribution in [0.15, 0.2) is 48.5 Å². The van der Waals surface area contributed by atoms with E-state index in [0.29, 0.717) is 0 Å². The molecule has 8 nitrogen and oxygen atoms in total. The van der Waals surface area contributed by atoms with Gasteiger partial charge in [0.25, 0.3) is 0 Å². The summed E-state index contributed by atoms with van der Waals surface area (Å²) in [4.78, 5) is 50.4. The minimum atomic E-state index is -2.60. The van der Waals surface area contributed by atoms with Crippen LogP contribution in [-0.2, 0) is 42.8 Å². The molecule has 2 rings (SSSR count). The number of hydrogen-bond donors (Lipinski definition) is 4. The molecule has 2 unspecified atom stereocenters. The highest BCUT2D eigenvalue weighted by Crippen LogP contribution is 2.50. The number of carboxylic acids is 4. The van der Waals surface area contributed by atoms with Crippen molar-refractivity contribution in [1.82, 2.24) is 0 Å². The summed E-state index contributed by atoms with van der Waals surface area (Å²) in [6.45, 7) is 4.14. The molecular formula is C30H38O8. The van der Waals surface area contributed by atoms with Gasteiger partial charge in [0, 0.05) is 0 Å². The molecule has 2 aromatic carbocycles. The van der Waals surface area contributed by atoms with Crippen molar-refractivity contribution in [3.63, 3.8) is 0 Å². The first-order valence-electron chi connectivity index (χ1n) is 13.1. The Morgan fingerprint density at radius 3 is 1.11 bits per heavy atom. The van der Waals surface area contributed by atoms with Crippen LogP contribution in [0.4, 0.5) is 0 Å². The van der Waals surface area contributed by atoms with E-state index in [-0.39, 0.29) is 11.1 Å². The highest BCUT2D eigenvalue weighted by Gasteiger charge is 2.65. The number of carboxylic acid groups (broad SMARTS) is 4. The lowest BCUT2D eigenvalue weighted by Gasteiger charge is -2.44. The first-order valence-corrected chi connectivity index (χ1v) is 13.1. The summed E-state index contributed by atoms with van der Waals surface area (Å²) in [6, 6.07) is 12.4. The highest BCUT2D eigenvalue weighted by molar-refractivity contribution is 6.00. The second-order valence-electron chi connectivity index (χ2n) is 9.87. The summed E-state index contributed by atoms with van der Waals surface area (Å²) in [5, 5.41) is 40.9. The average Bonchev–Trinajstić information content (AvgIpc) is 2.86. The van der Waals surface area contributed by atoms with Crippen molar-refractivity contribution in [2.45, 2.75) is 88.9 Å². The van der Waals surface area contributed by atoms with Gasteiger partial charge in [-0.3, -0.25) is 19.2 Å². The Bertz CT molecular complexity index is 1020. The number of aryl methyl sites for hydroxylation is 2. The van der Waals surface area contributed by atoms with E-state index in [4.69, 9.17) is 0 Å². The molecule has 0 aliphatic rings. The lowest BCUT2D eigenvalue weighted by Crippen LogP contribution is -2.60. The minimum Gasteiger partial charge on any atom is -0.481 e. The van der Waals surface area contributed by atoms with Crippen LogP contribution in [0.5, 0.6) is 0 Å². The van der Waals surface area contributed by atoms with Crippen LogP contribution >= 0.6 is 0 Å². The van der Waals surface area contributed by atoms with Gasteiger partial charge in [-0.15, -0.1) is 0 Å². The van der Waals surface area contributed by atoms with Crippen LogP contribution in [0, 0.1) is 0 Å². The Hall–Kier alpha value is -3.68. The van der Waals surface area contributed by atoms with Gasteiger partial charge >= 0.3 is 23.9 Å². The number of rotatable bonds is 17. The van der Waals surface area contributed by atoms with E-state index in [1.165, 1.54) is 24.3 Å². The van der Waals surface area contributed by atoms with E-state index in [1.54, 1.807) is 24.3 Å². The third kappa shape index (κ3) is 6.60.